The third-order valence-corrected chi connectivity index (χ3v) is 3.89. The molecule has 2 aromatic rings. The lowest BCUT2D eigenvalue weighted by Crippen LogP contribution is -2.52. The van der Waals surface area contributed by atoms with Gasteiger partial charge in [0.05, 0.1) is 18.8 Å². The Morgan fingerprint density at radius 3 is 2.85 bits per heavy atom. The lowest BCUT2D eigenvalue weighted by atomic mass is 10.3. The third-order valence-electron chi connectivity index (χ3n) is 3.13. The second kappa shape index (κ2) is 5.22. The molecule has 20 heavy (non-hydrogen) atoms. The largest absolute Gasteiger partial charge is 0.336 e. The zero-order valence-corrected chi connectivity index (χ0v) is 11.9. The standard InChI is InChI=1S/C12H15N5O2S/c1-2-13-5-8-11(15-12-17(8)3-4-20-12)16-6-9(18)14-10(19)7-16/h3-4,13H,2,5-7H2,1H3,(H,14,18,19). The highest BCUT2D eigenvalue weighted by atomic mass is 32.1. The smallest absolute Gasteiger partial charge is 0.246 e. The maximum atomic E-state index is 11.5. The maximum absolute atomic E-state index is 11.5. The molecule has 0 radical (unpaired) electrons. The van der Waals surface area contributed by atoms with E-state index >= 15 is 0 Å². The number of anilines is 1. The Hall–Kier alpha value is -1.93. The molecule has 0 spiro atoms. The maximum Gasteiger partial charge on any atom is 0.246 e. The number of hydrogen-bond donors (Lipinski definition) is 2. The van der Waals surface area contributed by atoms with Crippen molar-refractivity contribution >= 4 is 33.9 Å². The van der Waals surface area contributed by atoms with E-state index in [0.717, 1.165) is 17.2 Å². The Labute approximate surface area is 119 Å². The molecule has 106 valence electrons. The fourth-order valence-electron chi connectivity index (χ4n) is 2.27. The highest BCUT2D eigenvalue weighted by Crippen LogP contribution is 2.25. The molecule has 3 heterocycles. The summed E-state index contributed by atoms with van der Waals surface area (Å²) in [5.41, 5.74) is 0.977. The van der Waals surface area contributed by atoms with Gasteiger partial charge in [0.2, 0.25) is 11.8 Å². The van der Waals surface area contributed by atoms with Crippen LogP contribution in [-0.4, -0.2) is 40.8 Å². The van der Waals surface area contributed by atoms with Gasteiger partial charge in [-0.1, -0.05) is 6.92 Å². The number of imide groups is 1. The molecule has 0 atom stereocenters. The molecule has 8 heteroatoms. The Morgan fingerprint density at radius 2 is 2.15 bits per heavy atom. The first-order valence-corrected chi connectivity index (χ1v) is 7.29. The van der Waals surface area contributed by atoms with Crippen LogP contribution in [0.4, 0.5) is 5.82 Å². The number of thiazole rings is 1. The van der Waals surface area contributed by atoms with Crippen molar-refractivity contribution in [3.05, 3.63) is 17.3 Å². The SMILES string of the molecule is CCNCc1c(N2CC(=O)NC(=O)C2)nc2sccn12. The van der Waals surface area contributed by atoms with Crippen molar-refractivity contribution in [2.24, 2.45) is 0 Å². The van der Waals surface area contributed by atoms with E-state index in [9.17, 15) is 9.59 Å². The average molecular weight is 293 g/mol. The van der Waals surface area contributed by atoms with E-state index in [1.165, 1.54) is 11.3 Å². The summed E-state index contributed by atoms with van der Waals surface area (Å²) >= 11 is 1.53. The molecule has 2 aromatic heterocycles. The summed E-state index contributed by atoms with van der Waals surface area (Å²) in [7, 11) is 0. The number of carbonyl (C=O) groups is 2. The van der Waals surface area contributed by atoms with Crippen LogP contribution in [0.1, 0.15) is 12.6 Å². The number of rotatable bonds is 4. The van der Waals surface area contributed by atoms with Crippen molar-refractivity contribution in [1.29, 1.82) is 0 Å². The molecule has 1 fully saturated rings. The lowest BCUT2D eigenvalue weighted by molar-refractivity contribution is -0.130. The number of piperazine rings is 1. The molecule has 0 aliphatic carbocycles. The van der Waals surface area contributed by atoms with E-state index in [2.05, 4.69) is 15.6 Å². The summed E-state index contributed by atoms with van der Waals surface area (Å²) < 4.78 is 2.00. The molecule has 2 amide bonds. The van der Waals surface area contributed by atoms with Crippen LogP contribution in [0.15, 0.2) is 11.6 Å². The number of nitrogens with one attached hydrogen (secondary N) is 2. The van der Waals surface area contributed by atoms with E-state index in [1.54, 1.807) is 4.90 Å². The van der Waals surface area contributed by atoms with Gasteiger partial charge in [-0.15, -0.1) is 11.3 Å². The summed E-state index contributed by atoms with van der Waals surface area (Å²) in [5, 5.41) is 7.54. The van der Waals surface area contributed by atoms with Crippen molar-refractivity contribution in [2.45, 2.75) is 13.5 Å². The van der Waals surface area contributed by atoms with E-state index in [4.69, 9.17) is 0 Å². The second-order valence-electron chi connectivity index (χ2n) is 4.55. The van der Waals surface area contributed by atoms with Crippen molar-refractivity contribution in [3.8, 4) is 0 Å². The zero-order valence-electron chi connectivity index (χ0n) is 11.0. The van der Waals surface area contributed by atoms with Gasteiger partial charge in [0.15, 0.2) is 10.8 Å². The summed E-state index contributed by atoms with van der Waals surface area (Å²) in [6.45, 7) is 3.85. The fourth-order valence-corrected chi connectivity index (χ4v) is 3.00. The molecular weight excluding hydrogens is 278 g/mol. The van der Waals surface area contributed by atoms with Gasteiger partial charge in [0.25, 0.3) is 0 Å². The minimum Gasteiger partial charge on any atom is -0.336 e. The zero-order chi connectivity index (χ0) is 14.1. The van der Waals surface area contributed by atoms with Gasteiger partial charge < -0.3 is 10.2 Å². The summed E-state index contributed by atoms with van der Waals surface area (Å²) in [6.07, 6.45) is 1.95. The van der Waals surface area contributed by atoms with E-state index in [1.807, 2.05) is 22.9 Å². The van der Waals surface area contributed by atoms with Gasteiger partial charge >= 0.3 is 0 Å². The average Bonchev–Trinajstić information content (AvgIpc) is 2.95. The lowest BCUT2D eigenvalue weighted by Gasteiger charge is -2.26. The predicted octanol–water partition coefficient (Wildman–Crippen LogP) is -0.0319. The first-order valence-electron chi connectivity index (χ1n) is 6.41. The predicted molar refractivity (Wildman–Crippen MR) is 75.8 cm³/mol. The summed E-state index contributed by atoms with van der Waals surface area (Å²) in [6, 6.07) is 0. The van der Waals surface area contributed by atoms with Gasteiger partial charge in [-0.25, -0.2) is 4.98 Å². The number of amides is 2. The van der Waals surface area contributed by atoms with Gasteiger partial charge in [0.1, 0.15) is 0 Å². The van der Waals surface area contributed by atoms with Crippen LogP contribution in [-0.2, 0) is 16.1 Å². The van der Waals surface area contributed by atoms with Crippen LogP contribution in [0, 0.1) is 0 Å². The number of aromatic nitrogens is 2. The molecule has 1 saturated heterocycles. The van der Waals surface area contributed by atoms with Crippen molar-refractivity contribution in [1.82, 2.24) is 20.0 Å². The van der Waals surface area contributed by atoms with Crippen molar-refractivity contribution in [3.63, 3.8) is 0 Å². The van der Waals surface area contributed by atoms with Crippen LogP contribution in [0.25, 0.3) is 4.96 Å². The van der Waals surface area contributed by atoms with Crippen molar-refractivity contribution in [2.75, 3.05) is 24.5 Å². The van der Waals surface area contributed by atoms with Crippen LogP contribution < -0.4 is 15.5 Å². The molecule has 7 nitrogen and oxygen atoms in total. The number of fused-ring (bicyclic) bond motifs is 1. The summed E-state index contributed by atoms with van der Waals surface area (Å²) in [4.78, 5) is 30.2. The monoisotopic (exact) mass is 293 g/mol. The summed E-state index contributed by atoms with van der Waals surface area (Å²) in [5.74, 6) is 0.139. The van der Waals surface area contributed by atoms with Gasteiger partial charge in [-0.3, -0.25) is 19.3 Å². The first kappa shape index (κ1) is 13.1. The minimum atomic E-state index is -0.285. The van der Waals surface area contributed by atoms with Crippen LogP contribution >= 0.6 is 11.3 Å². The first-order chi connectivity index (χ1) is 9.69. The van der Waals surface area contributed by atoms with E-state index in [-0.39, 0.29) is 24.9 Å². The highest BCUT2D eigenvalue weighted by Gasteiger charge is 2.27. The topological polar surface area (TPSA) is 78.7 Å². The Morgan fingerprint density at radius 1 is 1.40 bits per heavy atom. The second-order valence-corrected chi connectivity index (χ2v) is 5.42. The minimum absolute atomic E-state index is 0.162. The number of nitrogens with zero attached hydrogens (tertiary/aromatic N) is 3. The highest BCUT2D eigenvalue weighted by molar-refractivity contribution is 7.15. The molecular formula is C12H15N5O2S. The van der Waals surface area contributed by atoms with Crippen molar-refractivity contribution < 1.29 is 9.59 Å². The van der Waals surface area contributed by atoms with Gasteiger partial charge in [-0.2, -0.15) is 0 Å². The van der Waals surface area contributed by atoms with Gasteiger partial charge in [0, 0.05) is 18.1 Å². The van der Waals surface area contributed by atoms with E-state index in [0.29, 0.717) is 12.4 Å². The number of carbonyl (C=O) groups excluding carboxylic acids is 2. The molecule has 0 saturated carbocycles. The van der Waals surface area contributed by atoms with E-state index < -0.39 is 0 Å². The molecule has 0 bridgehead atoms. The number of hydrogen-bond acceptors (Lipinski definition) is 6. The van der Waals surface area contributed by atoms with Crippen LogP contribution in [0.5, 0.6) is 0 Å². The molecule has 0 aromatic carbocycles. The Balaban J connectivity index is 1.98. The molecule has 1 aliphatic rings. The Kier molecular flexibility index (Phi) is 3.41. The molecule has 1 aliphatic heterocycles. The molecule has 0 unspecified atom stereocenters. The number of imidazole rings is 1. The normalized spacial score (nSPS) is 15.9. The quantitative estimate of drug-likeness (QED) is 0.774. The Bertz CT molecular complexity index is 646. The third kappa shape index (κ3) is 2.27. The fraction of sp³-hybridized carbons (Fsp3) is 0.417. The molecule has 2 N–H and O–H groups in total. The van der Waals surface area contributed by atoms with Crippen LogP contribution in [0.2, 0.25) is 0 Å². The molecule has 3 rings (SSSR count). The van der Waals surface area contributed by atoms with Gasteiger partial charge in [-0.05, 0) is 6.54 Å². The van der Waals surface area contributed by atoms with Crippen LogP contribution in [0.3, 0.4) is 0 Å².